The quantitative estimate of drug-likeness (QED) is 0.392. The molecule has 3 aromatic rings. The number of ether oxygens (including phenoxy) is 3. The molecule has 0 saturated heterocycles. The van der Waals surface area contributed by atoms with Gasteiger partial charge in [0.05, 0.1) is 20.3 Å². The van der Waals surface area contributed by atoms with Gasteiger partial charge in [0.2, 0.25) is 0 Å². The van der Waals surface area contributed by atoms with Gasteiger partial charge in [-0.15, -0.1) is 11.8 Å². The summed E-state index contributed by atoms with van der Waals surface area (Å²) in [5.41, 5.74) is 2.67. The number of amides is 1. The highest BCUT2D eigenvalue weighted by Gasteiger charge is 2.33. The molecule has 0 radical (unpaired) electrons. The highest BCUT2D eigenvalue weighted by molar-refractivity contribution is 7.98. The number of carbonyl (C=O) groups is 1. The number of rotatable bonds is 7. The van der Waals surface area contributed by atoms with Crippen LogP contribution in [0.4, 0.5) is 0 Å². The van der Waals surface area contributed by atoms with Gasteiger partial charge in [0.15, 0.2) is 11.5 Å². The second-order valence-electron chi connectivity index (χ2n) is 7.67. The third-order valence-electron chi connectivity index (χ3n) is 5.80. The van der Waals surface area contributed by atoms with E-state index in [9.17, 15) is 4.79 Å². The minimum Gasteiger partial charge on any atom is -0.493 e. The van der Waals surface area contributed by atoms with Crippen molar-refractivity contribution < 1.29 is 19.0 Å². The first-order valence-corrected chi connectivity index (χ1v) is 12.2. The number of halogens is 1. The summed E-state index contributed by atoms with van der Waals surface area (Å²) < 4.78 is 17.2. The van der Waals surface area contributed by atoms with Gasteiger partial charge in [-0.2, -0.15) is 0 Å². The molecule has 1 aliphatic heterocycles. The van der Waals surface area contributed by atoms with Crippen molar-refractivity contribution in [3.05, 3.63) is 82.4 Å². The lowest BCUT2D eigenvalue weighted by Gasteiger charge is -2.37. The van der Waals surface area contributed by atoms with Crippen molar-refractivity contribution in [3.8, 4) is 17.2 Å². The predicted molar refractivity (Wildman–Crippen MR) is 132 cm³/mol. The summed E-state index contributed by atoms with van der Waals surface area (Å²) in [5.74, 6) is 1.99. The van der Waals surface area contributed by atoms with Crippen molar-refractivity contribution in [1.29, 1.82) is 0 Å². The van der Waals surface area contributed by atoms with Gasteiger partial charge in [0.1, 0.15) is 12.4 Å². The van der Waals surface area contributed by atoms with Gasteiger partial charge in [-0.1, -0.05) is 17.7 Å². The fourth-order valence-corrected chi connectivity index (χ4v) is 4.68. The van der Waals surface area contributed by atoms with E-state index in [0.717, 1.165) is 16.9 Å². The zero-order chi connectivity index (χ0) is 23.4. The SMILES string of the molecule is COc1cc2c(cc1OC)C(COc1ccc(SC)cc1)N(C(=O)c1cccc(Cl)c1)CC2. The van der Waals surface area contributed by atoms with Gasteiger partial charge in [-0.3, -0.25) is 4.79 Å². The second-order valence-corrected chi connectivity index (χ2v) is 8.98. The molecule has 1 unspecified atom stereocenters. The van der Waals surface area contributed by atoms with Gasteiger partial charge in [-0.05, 0) is 78.4 Å². The van der Waals surface area contributed by atoms with Crippen LogP contribution >= 0.6 is 23.4 Å². The monoisotopic (exact) mass is 483 g/mol. The summed E-state index contributed by atoms with van der Waals surface area (Å²) in [6.45, 7) is 0.876. The lowest BCUT2D eigenvalue weighted by molar-refractivity contribution is 0.0589. The Morgan fingerprint density at radius 3 is 2.45 bits per heavy atom. The van der Waals surface area contributed by atoms with Crippen LogP contribution in [0.2, 0.25) is 5.02 Å². The summed E-state index contributed by atoms with van der Waals surface area (Å²) >= 11 is 7.84. The highest BCUT2D eigenvalue weighted by Crippen LogP contribution is 2.39. The number of hydrogen-bond acceptors (Lipinski definition) is 5. The van der Waals surface area contributed by atoms with Crippen molar-refractivity contribution in [2.24, 2.45) is 0 Å². The van der Waals surface area contributed by atoms with Crippen LogP contribution in [0.3, 0.4) is 0 Å². The second kappa shape index (κ2) is 10.4. The predicted octanol–water partition coefficient (Wildman–Crippen LogP) is 5.90. The van der Waals surface area contributed by atoms with E-state index in [0.29, 0.717) is 41.7 Å². The molecule has 7 heteroatoms. The smallest absolute Gasteiger partial charge is 0.254 e. The first kappa shape index (κ1) is 23.3. The number of nitrogens with zero attached hydrogens (tertiary/aromatic N) is 1. The van der Waals surface area contributed by atoms with Gasteiger partial charge >= 0.3 is 0 Å². The molecule has 3 aromatic carbocycles. The van der Waals surface area contributed by atoms with E-state index >= 15 is 0 Å². The molecule has 1 heterocycles. The zero-order valence-electron chi connectivity index (χ0n) is 18.8. The molecule has 1 atom stereocenters. The van der Waals surface area contributed by atoms with E-state index in [1.54, 1.807) is 50.2 Å². The van der Waals surface area contributed by atoms with Crippen molar-refractivity contribution in [2.75, 3.05) is 33.6 Å². The maximum Gasteiger partial charge on any atom is 0.254 e. The molecule has 33 heavy (non-hydrogen) atoms. The van der Waals surface area contributed by atoms with Crippen LogP contribution in [0.15, 0.2) is 65.6 Å². The summed E-state index contributed by atoms with van der Waals surface area (Å²) in [6.07, 6.45) is 2.75. The van der Waals surface area contributed by atoms with Gasteiger partial charge < -0.3 is 19.1 Å². The molecule has 0 aliphatic carbocycles. The Kier molecular flexibility index (Phi) is 7.36. The first-order chi connectivity index (χ1) is 16.0. The van der Waals surface area contributed by atoms with Gasteiger partial charge in [-0.25, -0.2) is 0 Å². The molecule has 1 aliphatic rings. The average molecular weight is 484 g/mol. The van der Waals surface area contributed by atoms with Crippen LogP contribution in [-0.2, 0) is 6.42 Å². The molecular formula is C26H26ClNO4S. The number of hydrogen-bond donors (Lipinski definition) is 0. The van der Waals surface area contributed by atoms with Gasteiger partial charge in [0.25, 0.3) is 5.91 Å². The number of benzene rings is 3. The average Bonchev–Trinajstić information content (AvgIpc) is 2.86. The standard InChI is InChI=1S/C26H26ClNO4S/c1-30-24-14-17-11-12-28(26(29)18-5-4-6-19(27)13-18)23(22(17)15-25(24)31-2)16-32-20-7-9-21(33-3)10-8-20/h4-10,13-15,23H,11-12,16H2,1-3H3. The number of carbonyl (C=O) groups excluding carboxylic acids is 1. The Morgan fingerprint density at radius 1 is 1.06 bits per heavy atom. The molecule has 0 N–H and O–H groups in total. The van der Waals surface area contributed by atoms with E-state index in [1.165, 1.54) is 4.90 Å². The molecular weight excluding hydrogens is 458 g/mol. The number of methoxy groups -OCH3 is 2. The van der Waals surface area contributed by atoms with Crippen LogP contribution in [0, 0.1) is 0 Å². The van der Waals surface area contributed by atoms with Crippen LogP contribution in [0.25, 0.3) is 0 Å². The number of thioether (sulfide) groups is 1. The molecule has 4 rings (SSSR count). The molecule has 0 spiro atoms. The molecule has 1 amide bonds. The maximum atomic E-state index is 13.5. The Hall–Kier alpha value is -2.83. The molecule has 5 nitrogen and oxygen atoms in total. The molecule has 0 bridgehead atoms. The maximum absolute atomic E-state index is 13.5. The van der Waals surface area contributed by atoms with Crippen LogP contribution in [0.1, 0.15) is 27.5 Å². The van der Waals surface area contributed by atoms with Crippen LogP contribution < -0.4 is 14.2 Å². The number of fused-ring (bicyclic) bond motifs is 1. The third kappa shape index (κ3) is 5.07. The minimum absolute atomic E-state index is 0.0794. The Balaban J connectivity index is 1.69. The Morgan fingerprint density at radius 2 is 1.79 bits per heavy atom. The van der Waals surface area contributed by atoms with Crippen molar-refractivity contribution in [2.45, 2.75) is 17.4 Å². The molecule has 0 aromatic heterocycles. The summed E-state index contributed by atoms with van der Waals surface area (Å²) in [4.78, 5) is 16.5. The van der Waals surface area contributed by atoms with Crippen LogP contribution in [0.5, 0.6) is 17.2 Å². The van der Waals surface area contributed by atoms with E-state index in [-0.39, 0.29) is 11.9 Å². The van der Waals surface area contributed by atoms with E-state index < -0.39 is 0 Å². The van der Waals surface area contributed by atoms with Gasteiger partial charge in [0, 0.05) is 22.0 Å². The van der Waals surface area contributed by atoms with Crippen molar-refractivity contribution in [1.82, 2.24) is 4.90 Å². The minimum atomic E-state index is -0.291. The van der Waals surface area contributed by atoms with E-state index in [4.69, 9.17) is 25.8 Å². The van der Waals surface area contributed by atoms with E-state index in [2.05, 4.69) is 0 Å². The summed E-state index contributed by atoms with van der Waals surface area (Å²) in [5, 5.41) is 0.534. The fourth-order valence-electron chi connectivity index (χ4n) is 4.09. The molecule has 0 saturated carbocycles. The Labute approximate surface area is 203 Å². The third-order valence-corrected chi connectivity index (χ3v) is 6.78. The Bertz CT molecular complexity index is 1140. The summed E-state index contributed by atoms with van der Waals surface area (Å²) in [7, 11) is 3.24. The normalized spacial score (nSPS) is 15.0. The van der Waals surface area contributed by atoms with Crippen LogP contribution in [-0.4, -0.2) is 44.4 Å². The molecule has 172 valence electrons. The molecule has 0 fully saturated rings. The van der Waals surface area contributed by atoms with Crippen molar-refractivity contribution in [3.63, 3.8) is 0 Å². The van der Waals surface area contributed by atoms with Crippen molar-refractivity contribution >= 4 is 29.3 Å². The van der Waals surface area contributed by atoms with E-state index in [1.807, 2.05) is 47.6 Å². The summed E-state index contributed by atoms with van der Waals surface area (Å²) in [6, 6.07) is 18.7. The lowest BCUT2D eigenvalue weighted by Crippen LogP contribution is -2.42. The largest absolute Gasteiger partial charge is 0.493 e. The highest BCUT2D eigenvalue weighted by atomic mass is 35.5. The first-order valence-electron chi connectivity index (χ1n) is 10.6. The fraction of sp³-hybridized carbons (Fsp3) is 0.269. The zero-order valence-corrected chi connectivity index (χ0v) is 20.4. The topological polar surface area (TPSA) is 48.0 Å². The lowest BCUT2D eigenvalue weighted by atomic mass is 9.91.